The maximum atomic E-state index is 13.5. The van der Waals surface area contributed by atoms with Crippen molar-refractivity contribution in [3.8, 4) is 0 Å². The Bertz CT molecular complexity index is 689. The van der Waals surface area contributed by atoms with Crippen molar-refractivity contribution in [2.24, 2.45) is 13.0 Å². The molecule has 2 aliphatic rings. The first kappa shape index (κ1) is 14.8. The second-order valence-corrected chi connectivity index (χ2v) is 6.98. The van der Waals surface area contributed by atoms with Crippen LogP contribution in [0, 0.1) is 12.8 Å². The van der Waals surface area contributed by atoms with Crippen LogP contribution in [-0.2, 0) is 13.6 Å². The number of hydrogen-bond donors (Lipinski definition) is 1. The number of rotatable bonds is 5. The molecule has 2 aromatic heterocycles. The number of aromatic nitrogens is 5. The molecule has 1 N–H and O–H groups in total. The second kappa shape index (κ2) is 5.70. The van der Waals surface area contributed by atoms with Crippen LogP contribution in [0.5, 0.6) is 0 Å². The van der Waals surface area contributed by atoms with E-state index in [4.69, 9.17) is 0 Å². The van der Waals surface area contributed by atoms with Crippen molar-refractivity contribution in [2.75, 3.05) is 19.8 Å². The molecular weight excluding hydrogens is 295 g/mol. The maximum absolute atomic E-state index is 13.5. The van der Waals surface area contributed by atoms with Gasteiger partial charge in [-0.15, -0.1) is 0 Å². The molecule has 23 heavy (non-hydrogen) atoms. The van der Waals surface area contributed by atoms with E-state index in [9.17, 15) is 4.39 Å². The van der Waals surface area contributed by atoms with Crippen LogP contribution in [0.4, 0.5) is 4.39 Å². The lowest BCUT2D eigenvalue weighted by Crippen LogP contribution is -2.20. The number of aryl methyl sites for hydroxylation is 2. The number of nitrogens with zero attached hydrogens (tertiary/aromatic N) is 5. The van der Waals surface area contributed by atoms with E-state index in [0.29, 0.717) is 5.92 Å². The summed E-state index contributed by atoms with van der Waals surface area (Å²) >= 11 is 0. The van der Waals surface area contributed by atoms with Crippen molar-refractivity contribution in [1.82, 2.24) is 29.9 Å². The van der Waals surface area contributed by atoms with Crippen LogP contribution in [-0.4, -0.2) is 49.6 Å². The fourth-order valence-electron chi connectivity index (χ4n) is 3.58. The Kier molecular flexibility index (Phi) is 3.67. The van der Waals surface area contributed by atoms with E-state index in [1.54, 1.807) is 0 Å². The molecule has 2 fully saturated rings. The van der Waals surface area contributed by atoms with Crippen molar-refractivity contribution in [3.63, 3.8) is 0 Å². The number of hydrogen-bond acceptors (Lipinski definition) is 4. The van der Waals surface area contributed by atoms with Gasteiger partial charge in [0.25, 0.3) is 0 Å². The van der Waals surface area contributed by atoms with Crippen LogP contribution in [0.3, 0.4) is 0 Å². The van der Waals surface area contributed by atoms with Gasteiger partial charge in [-0.2, -0.15) is 10.2 Å². The molecule has 0 unspecified atom stereocenters. The Balaban J connectivity index is 1.48. The summed E-state index contributed by atoms with van der Waals surface area (Å²) in [6.45, 7) is 4.11. The van der Waals surface area contributed by atoms with Crippen molar-refractivity contribution in [2.45, 2.75) is 38.1 Å². The Morgan fingerprint density at radius 2 is 2.17 bits per heavy atom. The zero-order valence-corrected chi connectivity index (χ0v) is 13.7. The summed E-state index contributed by atoms with van der Waals surface area (Å²) in [5, 5.41) is 11.8. The zero-order valence-electron chi connectivity index (χ0n) is 13.7. The van der Waals surface area contributed by atoms with E-state index in [1.165, 1.54) is 18.4 Å². The lowest BCUT2D eigenvalue weighted by atomic mass is 9.97. The first-order chi connectivity index (χ1) is 11.1. The largest absolute Gasteiger partial charge is 0.298 e. The fourth-order valence-corrected chi connectivity index (χ4v) is 3.58. The summed E-state index contributed by atoms with van der Waals surface area (Å²) in [4.78, 5) is 6.94. The molecule has 0 radical (unpaired) electrons. The molecule has 2 atom stereocenters. The quantitative estimate of drug-likeness (QED) is 0.915. The number of nitrogens with one attached hydrogen (secondary N) is 1. The average molecular weight is 318 g/mol. The molecule has 3 heterocycles. The Hall–Kier alpha value is -1.76. The van der Waals surface area contributed by atoms with Crippen molar-refractivity contribution in [1.29, 1.82) is 0 Å². The van der Waals surface area contributed by atoms with Gasteiger partial charge in [-0.3, -0.25) is 19.1 Å². The van der Waals surface area contributed by atoms with Crippen molar-refractivity contribution in [3.05, 3.63) is 29.1 Å². The van der Waals surface area contributed by atoms with Crippen molar-refractivity contribution < 1.29 is 4.39 Å². The van der Waals surface area contributed by atoms with Gasteiger partial charge in [0.15, 0.2) is 5.82 Å². The number of H-pyrrole nitrogens is 1. The summed E-state index contributed by atoms with van der Waals surface area (Å²) in [7, 11) is 1.93. The van der Waals surface area contributed by atoms with Gasteiger partial charge in [-0.05, 0) is 19.8 Å². The van der Waals surface area contributed by atoms with E-state index >= 15 is 0 Å². The van der Waals surface area contributed by atoms with Gasteiger partial charge in [0.05, 0.1) is 12.4 Å². The molecule has 0 aromatic carbocycles. The highest BCUT2D eigenvalue weighted by molar-refractivity contribution is 5.16. The van der Waals surface area contributed by atoms with Crippen LogP contribution in [0.2, 0.25) is 0 Å². The van der Waals surface area contributed by atoms with Gasteiger partial charge in [-0.1, -0.05) is 0 Å². The Morgan fingerprint density at radius 3 is 2.83 bits per heavy atom. The molecule has 4 rings (SSSR count). The van der Waals surface area contributed by atoms with E-state index < -0.39 is 0 Å². The van der Waals surface area contributed by atoms with E-state index in [0.717, 1.165) is 37.0 Å². The highest BCUT2D eigenvalue weighted by Gasteiger charge is 2.37. The Labute approximate surface area is 135 Å². The molecule has 0 amide bonds. The van der Waals surface area contributed by atoms with Gasteiger partial charge < -0.3 is 0 Å². The van der Waals surface area contributed by atoms with Crippen molar-refractivity contribution >= 4 is 0 Å². The molecule has 124 valence electrons. The van der Waals surface area contributed by atoms with E-state index in [1.807, 2.05) is 24.9 Å². The summed E-state index contributed by atoms with van der Waals surface area (Å²) in [5.74, 6) is 2.41. The third-order valence-corrected chi connectivity index (χ3v) is 5.04. The third-order valence-electron chi connectivity index (χ3n) is 5.04. The minimum Gasteiger partial charge on any atom is -0.298 e. The van der Waals surface area contributed by atoms with Gasteiger partial charge in [0.2, 0.25) is 0 Å². The van der Waals surface area contributed by atoms with Crippen LogP contribution in [0.25, 0.3) is 0 Å². The second-order valence-electron chi connectivity index (χ2n) is 6.98. The topological polar surface area (TPSA) is 62.6 Å². The van der Waals surface area contributed by atoms with Crippen LogP contribution >= 0.6 is 0 Å². The molecule has 0 spiro atoms. The van der Waals surface area contributed by atoms with E-state index in [-0.39, 0.29) is 18.5 Å². The molecule has 1 saturated heterocycles. The minimum atomic E-state index is -0.313. The Morgan fingerprint density at radius 1 is 1.35 bits per heavy atom. The molecule has 0 bridgehead atoms. The lowest BCUT2D eigenvalue weighted by molar-refractivity contribution is 0.295. The number of halogens is 1. The molecule has 1 saturated carbocycles. The van der Waals surface area contributed by atoms with Gasteiger partial charge in [0, 0.05) is 56.2 Å². The predicted octanol–water partition coefficient (Wildman–Crippen LogP) is 1.91. The molecule has 6 nitrogen and oxygen atoms in total. The molecule has 2 aromatic rings. The first-order valence-electron chi connectivity index (χ1n) is 8.33. The molecule has 1 aliphatic carbocycles. The van der Waals surface area contributed by atoms with Gasteiger partial charge in [0.1, 0.15) is 5.82 Å². The van der Waals surface area contributed by atoms with Crippen LogP contribution in [0.1, 0.15) is 47.6 Å². The fraction of sp³-hybridized carbons (Fsp3) is 0.688. The molecule has 7 heteroatoms. The zero-order chi connectivity index (χ0) is 16.0. The highest BCUT2D eigenvalue weighted by atomic mass is 19.1. The summed E-state index contributed by atoms with van der Waals surface area (Å²) in [6, 6.07) is 0. The predicted molar refractivity (Wildman–Crippen MR) is 83.8 cm³/mol. The molecule has 1 aliphatic heterocycles. The van der Waals surface area contributed by atoms with Crippen LogP contribution in [0.15, 0.2) is 6.20 Å². The average Bonchev–Trinajstić information content (AvgIpc) is 2.99. The van der Waals surface area contributed by atoms with E-state index in [2.05, 4.69) is 25.2 Å². The summed E-state index contributed by atoms with van der Waals surface area (Å²) in [6.07, 6.45) is 4.41. The highest BCUT2D eigenvalue weighted by Crippen LogP contribution is 2.39. The minimum absolute atomic E-state index is 0.00743. The maximum Gasteiger partial charge on any atom is 0.153 e. The number of aromatic amines is 1. The third kappa shape index (κ3) is 2.89. The number of alkyl halides is 1. The normalized spacial score (nSPS) is 25.3. The SMILES string of the molecule is Cc1nn(C)cc1CN1C[C@@H](CF)[C@H](c2nc(C3CC3)n[nH]2)C1. The monoisotopic (exact) mass is 318 g/mol. The summed E-state index contributed by atoms with van der Waals surface area (Å²) < 4.78 is 15.3. The lowest BCUT2D eigenvalue weighted by Gasteiger charge is -2.14. The van der Waals surface area contributed by atoms with Crippen LogP contribution < -0.4 is 0 Å². The molecular formula is C16H23FN6. The summed E-state index contributed by atoms with van der Waals surface area (Å²) in [5.41, 5.74) is 2.26. The van der Waals surface area contributed by atoms with Gasteiger partial charge in [-0.25, -0.2) is 4.98 Å². The number of likely N-dealkylation sites (tertiary alicyclic amines) is 1. The smallest absolute Gasteiger partial charge is 0.153 e. The first-order valence-corrected chi connectivity index (χ1v) is 8.33. The van der Waals surface area contributed by atoms with Gasteiger partial charge >= 0.3 is 0 Å². The standard InChI is InChI=1S/C16H23FN6/c1-10-13(6-22(2)21-10)8-23-7-12(5-17)14(9-23)16-18-15(19-20-16)11-3-4-11/h6,11-12,14H,3-5,7-9H2,1-2H3,(H,18,19,20)/t12-,14-/m1/s1.